The summed E-state index contributed by atoms with van der Waals surface area (Å²) in [6.45, 7) is 0.738. The first-order chi connectivity index (χ1) is 8.34. The van der Waals surface area contributed by atoms with Crippen LogP contribution in [0, 0.1) is 0 Å². The van der Waals surface area contributed by atoms with Gasteiger partial charge >= 0.3 is 5.97 Å². The Labute approximate surface area is 97.3 Å². The first kappa shape index (κ1) is 8.98. The lowest BCUT2D eigenvalue weighted by atomic mass is 10.0. The summed E-state index contributed by atoms with van der Waals surface area (Å²) >= 11 is 0. The fourth-order valence-electron chi connectivity index (χ4n) is 2.63. The van der Waals surface area contributed by atoms with E-state index in [-0.39, 0.29) is 12.1 Å². The molecule has 0 fully saturated rings. The standard InChI is InChI=1S/C13H10N2O2/c16-13-10-7-3-1-2-4-8(7)15-12(10)11-9(17-13)5-6-14-11/h1-4,9,15H,5-6H2. The van der Waals surface area contributed by atoms with Gasteiger partial charge in [-0.1, -0.05) is 18.2 Å². The van der Waals surface area contributed by atoms with Gasteiger partial charge in [-0.25, -0.2) is 4.79 Å². The molecule has 4 heteroatoms. The van der Waals surface area contributed by atoms with Gasteiger partial charge in [0.2, 0.25) is 0 Å². The Morgan fingerprint density at radius 3 is 3.18 bits per heavy atom. The van der Waals surface area contributed by atoms with E-state index in [1.807, 2.05) is 24.3 Å². The number of aromatic amines is 1. The molecule has 2 aliphatic heterocycles. The molecule has 1 atom stereocenters. The van der Waals surface area contributed by atoms with Crippen molar-refractivity contribution in [3.05, 3.63) is 35.5 Å². The van der Waals surface area contributed by atoms with Gasteiger partial charge in [0.1, 0.15) is 6.10 Å². The molecule has 0 radical (unpaired) electrons. The number of nitrogens with zero attached hydrogens (tertiary/aromatic N) is 1. The zero-order valence-electron chi connectivity index (χ0n) is 9.06. The molecule has 0 saturated carbocycles. The summed E-state index contributed by atoms with van der Waals surface area (Å²) in [5, 5.41) is 0.917. The number of aromatic nitrogens is 1. The number of rotatable bonds is 0. The number of para-hydroxylation sites is 1. The maximum absolute atomic E-state index is 12.0. The number of aliphatic imine (C=N–C) groups is 1. The third-order valence-electron chi connectivity index (χ3n) is 3.39. The van der Waals surface area contributed by atoms with Crippen LogP contribution in [-0.2, 0) is 4.74 Å². The van der Waals surface area contributed by atoms with E-state index in [0.717, 1.165) is 35.3 Å². The summed E-state index contributed by atoms with van der Waals surface area (Å²) in [4.78, 5) is 19.7. The molecule has 2 aromatic rings. The lowest BCUT2D eigenvalue weighted by molar-refractivity contribution is 0.0416. The second-order valence-corrected chi connectivity index (χ2v) is 4.37. The zero-order valence-corrected chi connectivity index (χ0v) is 9.06. The van der Waals surface area contributed by atoms with Crippen LogP contribution in [0.3, 0.4) is 0 Å². The van der Waals surface area contributed by atoms with Crippen molar-refractivity contribution in [2.45, 2.75) is 12.5 Å². The van der Waals surface area contributed by atoms with E-state index in [0.29, 0.717) is 5.56 Å². The number of hydrogen-bond acceptors (Lipinski definition) is 3. The average molecular weight is 226 g/mol. The molecule has 0 spiro atoms. The summed E-state index contributed by atoms with van der Waals surface area (Å²) in [5.41, 5.74) is 3.35. The zero-order chi connectivity index (χ0) is 11.4. The minimum atomic E-state index is -0.233. The maximum Gasteiger partial charge on any atom is 0.341 e. The molecule has 1 N–H and O–H groups in total. The van der Waals surface area contributed by atoms with E-state index in [4.69, 9.17) is 4.74 Å². The van der Waals surface area contributed by atoms with Crippen LogP contribution in [0.1, 0.15) is 22.5 Å². The second-order valence-electron chi connectivity index (χ2n) is 4.37. The van der Waals surface area contributed by atoms with Crippen LogP contribution < -0.4 is 0 Å². The van der Waals surface area contributed by atoms with Gasteiger partial charge in [0, 0.05) is 23.9 Å². The third-order valence-corrected chi connectivity index (χ3v) is 3.39. The molecular weight excluding hydrogens is 216 g/mol. The number of hydrogen-bond donors (Lipinski definition) is 1. The van der Waals surface area contributed by atoms with Crippen molar-refractivity contribution in [2.24, 2.45) is 4.99 Å². The molecule has 4 nitrogen and oxygen atoms in total. The number of carbonyl (C=O) groups is 1. The number of ether oxygens (including phenoxy) is 1. The number of esters is 1. The quantitative estimate of drug-likeness (QED) is 0.697. The summed E-state index contributed by atoms with van der Waals surface area (Å²) in [5.74, 6) is -0.233. The average Bonchev–Trinajstić information content (AvgIpc) is 2.91. The van der Waals surface area contributed by atoms with Crippen LogP contribution in [0.2, 0.25) is 0 Å². The van der Waals surface area contributed by atoms with Gasteiger partial charge in [-0.2, -0.15) is 0 Å². The lowest BCUT2D eigenvalue weighted by Gasteiger charge is -2.19. The lowest BCUT2D eigenvalue weighted by Crippen LogP contribution is -2.31. The summed E-state index contributed by atoms with van der Waals surface area (Å²) in [6, 6.07) is 7.77. The van der Waals surface area contributed by atoms with Gasteiger partial charge < -0.3 is 9.72 Å². The van der Waals surface area contributed by atoms with Crippen molar-refractivity contribution in [3.63, 3.8) is 0 Å². The van der Waals surface area contributed by atoms with E-state index < -0.39 is 0 Å². The van der Waals surface area contributed by atoms with Crippen molar-refractivity contribution in [2.75, 3.05) is 6.54 Å². The van der Waals surface area contributed by atoms with E-state index in [2.05, 4.69) is 9.98 Å². The van der Waals surface area contributed by atoms with Crippen LogP contribution >= 0.6 is 0 Å². The Kier molecular flexibility index (Phi) is 1.57. The Hall–Kier alpha value is -2.10. The topological polar surface area (TPSA) is 54.4 Å². The monoisotopic (exact) mass is 226 g/mol. The van der Waals surface area contributed by atoms with Crippen LogP contribution in [0.15, 0.2) is 29.3 Å². The summed E-state index contributed by atoms with van der Waals surface area (Å²) in [7, 11) is 0. The van der Waals surface area contributed by atoms with Gasteiger partial charge in [-0.05, 0) is 6.07 Å². The van der Waals surface area contributed by atoms with E-state index >= 15 is 0 Å². The molecule has 0 saturated heterocycles. The molecule has 0 amide bonds. The first-order valence-electron chi connectivity index (χ1n) is 5.71. The minimum absolute atomic E-state index is 0.150. The fraction of sp³-hybridized carbons (Fsp3) is 0.231. The molecule has 0 aliphatic carbocycles. The fourth-order valence-corrected chi connectivity index (χ4v) is 2.63. The number of benzene rings is 1. The minimum Gasteiger partial charge on any atom is -0.452 e. The van der Waals surface area contributed by atoms with Crippen molar-refractivity contribution in [3.8, 4) is 0 Å². The normalized spacial score (nSPS) is 22.0. The molecule has 3 heterocycles. The molecule has 84 valence electrons. The van der Waals surface area contributed by atoms with Gasteiger partial charge in [0.05, 0.1) is 17.0 Å². The maximum atomic E-state index is 12.0. The molecular formula is C13H10N2O2. The number of nitrogens with one attached hydrogen (secondary N) is 1. The number of H-pyrrole nitrogens is 1. The smallest absolute Gasteiger partial charge is 0.341 e. The Bertz CT molecular complexity index is 669. The molecule has 17 heavy (non-hydrogen) atoms. The first-order valence-corrected chi connectivity index (χ1v) is 5.71. The number of carbonyl (C=O) groups excluding carboxylic acids is 1. The highest BCUT2D eigenvalue weighted by molar-refractivity contribution is 6.20. The van der Waals surface area contributed by atoms with Gasteiger partial charge in [0.15, 0.2) is 0 Å². The predicted octanol–water partition coefficient (Wildman–Crippen LogP) is 1.90. The third kappa shape index (κ3) is 1.07. The van der Waals surface area contributed by atoms with E-state index in [1.54, 1.807) is 0 Å². The van der Waals surface area contributed by atoms with Gasteiger partial charge in [-0.3, -0.25) is 4.99 Å². The second kappa shape index (κ2) is 2.97. The molecule has 4 rings (SSSR count). The van der Waals surface area contributed by atoms with Crippen molar-refractivity contribution in [1.82, 2.24) is 4.98 Å². The summed E-state index contributed by atoms with van der Waals surface area (Å²) < 4.78 is 5.41. The Morgan fingerprint density at radius 2 is 2.24 bits per heavy atom. The molecule has 1 aromatic heterocycles. The molecule has 0 bridgehead atoms. The molecule has 1 unspecified atom stereocenters. The van der Waals surface area contributed by atoms with Crippen LogP contribution in [0.25, 0.3) is 10.9 Å². The largest absolute Gasteiger partial charge is 0.452 e. The van der Waals surface area contributed by atoms with Crippen LogP contribution in [0.4, 0.5) is 0 Å². The molecule has 2 aliphatic rings. The summed E-state index contributed by atoms with van der Waals surface area (Å²) in [6.07, 6.45) is 0.652. The van der Waals surface area contributed by atoms with Gasteiger partial charge in [0.25, 0.3) is 0 Å². The highest BCUT2D eigenvalue weighted by atomic mass is 16.5. The Balaban J connectivity index is 2.09. The van der Waals surface area contributed by atoms with Gasteiger partial charge in [-0.15, -0.1) is 0 Å². The predicted molar refractivity (Wildman–Crippen MR) is 63.5 cm³/mol. The molecule has 1 aromatic carbocycles. The van der Waals surface area contributed by atoms with Crippen molar-refractivity contribution in [1.29, 1.82) is 0 Å². The van der Waals surface area contributed by atoms with E-state index in [9.17, 15) is 4.79 Å². The van der Waals surface area contributed by atoms with E-state index in [1.165, 1.54) is 0 Å². The van der Waals surface area contributed by atoms with Crippen LogP contribution in [0.5, 0.6) is 0 Å². The highest BCUT2D eigenvalue weighted by Gasteiger charge is 2.37. The van der Waals surface area contributed by atoms with Crippen molar-refractivity contribution < 1.29 is 9.53 Å². The van der Waals surface area contributed by atoms with Crippen LogP contribution in [-0.4, -0.2) is 29.3 Å². The van der Waals surface area contributed by atoms with Crippen molar-refractivity contribution >= 4 is 22.6 Å². The SMILES string of the molecule is O=C1OC2CCN=C2c2[nH]c3ccccc3c21. The number of fused-ring (bicyclic) bond motifs is 5. The Morgan fingerprint density at radius 1 is 1.35 bits per heavy atom. The highest BCUT2D eigenvalue weighted by Crippen LogP contribution is 2.31.